The van der Waals surface area contributed by atoms with Crippen LogP contribution < -0.4 is 4.90 Å². The molecule has 0 saturated carbocycles. The number of carbonyl (C=O) groups is 1. The largest absolute Gasteiger partial charge is 0.345 e. The lowest BCUT2D eigenvalue weighted by Gasteiger charge is -2.34. The molecule has 0 aliphatic carbocycles. The Labute approximate surface area is 155 Å². The molecule has 0 unspecified atom stereocenters. The summed E-state index contributed by atoms with van der Waals surface area (Å²) in [4.78, 5) is 22.5. The van der Waals surface area contributed by atoms with Crippen molar-refractivity contribution in [2.45, 2.75) is 6.92 Å². The second kappa shape index (κ2) is 6.98. The minimum absolute atomic E-state index is 0.0909. The van der Waals surface area contributed by atoms with E-state index in [9.17, 15) is 4.79 Å². The average Bonchev–Trinajstić information content (AvgIpc) is 3.30. The van der Waals surface area contributed by atoms with Gasteiger partial charge in [-0.05, 0) is 36.1 Å². The maximum absolute atomic E-state index is 12.3. The van der Waals surface area contributed by atoms with Gasteiger partial charge in [0.25, 0.3) is 0 Å². The fraction of sp³-hybridized carbons (Fsp3) is 0.263. The molecule has 4 nitrogen and oxygen atoms in total. The third-order valence-electron chi connectivity index (χ3n) is 4.40. The third kappa shape index (κ3) is 3.45. The first kappa shape index (κ1) is 16.3. The first-order valence-electron chi connectivity index (χ1n) is 8.32. The number of aromatic nitrogens is 1. The Balaban J connectivity index is 1.40. The van der Waals surface area contributed by atoms with Crippen LogP contribution in [0.3, 0.4) is 0 Å². The van der Waals surface area contributed by atoms with E-state index >= 15 is 0 Å². The number of piperazine rings is 1. The number of carbonyl (C=O) groups excluding carboxylic acids is 1. The van der Waals surface area contributed by atoms with E-state index in [-0.39, 0.29) is 5.91 Å². The van der Waals surface area contributed by atoms with E-state index in [1.165, 1.54) is 10.3 Å². The highest BCUT2D eigenvalue weighted by atomic mass is 32.1. The molecule has 3 aromatic rings. The molecule has 25 heavy (non-hydrogen) atoms. The summed E-state index contributed by atoms with van der Waals surface area (Å²) in [6, 6.07) is 10.3. The summed E-state index contributed by atoms with van der Waals surface area (Å²) in [5.74, 6) is 0.0909. The topological polar surface area (TPSA) is 36.4 Å². The highest BCUT2D eigenvalue weighted by molar-refractivity contribution is 7.22. The van der Waals surface area contributed by atoms with E-state index in [0.29, 0.717) is 0 Å². The fourth-order valence-corrected chi connectivity index (χ4v) is 4.69. The van der Waals surface area contributed by atoms with E-state index in [2.05, 4.69) is 30.0 Å². The Hall–Kier alpha value is -2.18. The van der Waals surface area contributed by atoms with Gasteiger partial charge in [-0.2, -0.15) is 0 Å². The maximum Gasteiger partial charge on any atom is 0.246 e. The van der Waals surface area contributed by atoms with Gasteiger partial charge in [0.05, 0.1) is 10.2 Å². The Morgan fingerprint density at radius 1 is 1.16 bits per heavy atom. The van der Waals surface area contributed by atoms with Crippen LogP contribution in [0.1, 0.15) is 10.4 Å². The molecule has 4 rings (SSSR count). The average molecular weight is 370 g/mol. The highest BCUT2D eigenvalue weighted by Gasteiger charge is 2.22. The summed E-state index contributed by atoms with van der Waals surface area (Å²) in [5, 5.41) is 3.08. The molecule has 1 aliphatic heterocycles. The third-order valence-corrected chi connectivity index (χ3v) is 6.32. The van der Waals surface area contributed by atoms with Crippen molar-refractivity contribution in [1.82, 2.24) is 9.88 Å². The number of amides is 1. The molecule has 0 bridgehead atoms. The molecule has 1 saturated heterocycles. The SMILES string of the molecule is Cc1cccc2sc(N3CCN(C(=O)/C=C/c4cccs4)CC3)nc12. The first-order valence-corrected chi connectivity index (χ1v) is 10.0. The van der Waals surface area contributed by atoms with Crippen molar-refractivity contribution >= 4 is 50.0 Å². The molecule has 1 fully saturated rings. The van der Waals surface area contributed by atoms with Crippen molar-refractivity contribution < 1.29 is 4.79 Å². The monoisotopic (exact) mass is 369 g/mol. The molecule has 0 atom stereocenters. The van der Waals surface area contributed by atoms with Crippen LogP contribution >= 0.6 is 22.7 Å². The molecule has 2 aromatic heterocycles. The van der Waals surface area contributed by atoms with Crippen LogP contribution in [-0.4, -0.2) is 42.0 Å². The minimum atomic E-state index is 0.0909. The van der Waals surface area contributed by atoms with E-state index in [1.54, 1.807) is 28.7 Å². The van der Waals surface area contributed by atoms with Gasteiger partial charge in [0.15, 0.2) is 5.13 Å². The van der Waals surface area contributed by atoms with E-state index in [0.717, 1.165) is 41.7 Å². The second-order valence-corrected chi connectivity index (χ2v) is 8.07. The predicted molar refractivity (Wildman–Crippen MR) is 107 cm³/mol. The standard InChI is InChI=1S/C19H19N3OS2/c1-14-4-2-6-16-18(14)20-19(25-16)22-11-9-21(10-12-22)17(23)8-7-15-5-3-13-24-15/h2-8,13H,9-12H2,1H3/b8-7+. The van der Waals surface area contributed by atoms with Crippen LogP contribution in [0.25, 0.3) is 16.3 Å². The number of fused-ring (bicyclic) bond motifs is 1. The number of rotatable bonds is 3. The number of aryl methyl sites for hydroxylation is 1. The zero-order valence-corrected chi connectivity index (χ0v) is 15.6. The summed E-state index contributed by atoms with van der Waals surface area (Å²) in [5.41, 5.74) is 2.31. The van der Waals surface area contributed by atoms with Gasteiger partial charge in [-0.1, -0.05) is 29.5 Å². The minimum Gasteiger partial charge on any atom is -0.345 e. The number of hydrogen-bond donors (Lipinski definition) is 0. The van der Waals surface area contributed by atoms with Gasteiger partial charge in [-0.15, -0.1) is 11.3 Å². The number of benzene rings is 1. The molecule has 1 aliphatic rings. The summed E-state index contributed by atoms with van der Waals surface area (Å²) in [7, 11) is 0. The second-order valence-electron chi connectivity index (χ2n) is 6.08. The number of thiophene rings is 1. The van der Waals surface area contributed by atoms with Crippen molar-refractivity contribution in [2.75, 3.05) is 31.1 Å². The molecular weight excluding hydrogens is 350 g/mol. The van der Waals surface area contributed by atoms with Crippen LogP contribution in [0, 0.1) is 6.92 Å². The molecule has 0 N–H and O–H groups in total. The van der Waals surface area contributed by atoms with Gasteiger partial charge >= 0.3 is 0 Å². The number of nitrogens with zero attached hydrogens (tertiary/aromatic N) is 3. The lowest BCUT2D eigenvalue weighted by Crippen LogP contribution is -2.48. The highest BCUT2D eigenvalue weighted by Crippen LogP contribution is 2.31. The molecule has 6 heteroatoms. The Kier molecular flexibility index (Phi) is 4.55. The van der Waals surface area contributed by atoms with Gasteiger partial charge in [-0.25, -0.2) is 4.98 Å². The normalized spacial score (nSPS) is 15.4. The lowest BCUT2D eigenvalue weighted by atomic mass is 10.2. The van der Waals surface area contributed by atoms with Crippen molar-refractivity contribution in [1.29, 1.82) is 0 Å². The quantitative estimate of drug-likeness (QED) is 0.654. The van der Waals surface area contributed by atoms with E-state index in [4.69, 9.17) is 4.98 Å². The van der Waals surface area contributed by atoms with Crippen molar-refractivity contribution in [3.63, 3.8) is 0 Å². The van der Waals surface area contributed by atoms with Crippen LogP contribution in [0.2, 0.25) is 0 Å². The number of para-hydroxylation sites is 1. The maximum atomic E-state index is 12.3. The zero-order valence-electron chi connectivity index (χ0n) is 14.0. The molecule has 0 radical (unpaired) electrons. The molecule has 1 amide bonds. The van der Waals surface area contributed by atoms with Gasteiger partial charge in [-0.3, -0.25) is 4.79 Å². The van der Waals surface area contributed by atoms with Crippen LogP contribution in [0.4, 0.5) is 5.13 Å². The van der Waals surface area contributed by atoms with Gasteiger partial charge in [0, 0.05) is 37.1 Å². The lowest BCUT2D eigenvalue weighted by molar-refractivity contribution is -0.126. The van der Waals surface area contributed by atoms with Crippen LogP contribution in [0.15, 0.2) is 41.8 Å². The molecule has 1 aromatic carbocycles. The number of hydrogen-bond acceptors (Lipinski definition) is 5. The smallest absolute Gasteiger partial charge is 0.246 e. The van der Waals surface area contributed by atoms with Crippen molar-refractivity contribution in [3.8, 4) is 0 Å². The predicted octanol–water partition coefficient (Wildman–Crippen LogP) is 4.03. The van der Waals surface area contributed by atoms with Crippen molar-refractivity contribution in [3.05, 3.63) is 52.2 Å². The van der Waals surface area contributed by atoms with Crippen molar-refractivity contribution in [2.24, 2.45) is 0 Å². The molecular formula is C19H19N3OS2. The molecule has 3 heterocycles. The zero-order chi connectivity index (χ0) is 17.2. The summed E-state index contributed by atoms with van der Waals surface area (Å²) in [6.07, 6.45) is 3.58. The van der Waals surface area contributed by atoms with Crippen LogP contribution in [-0.2, 0) is 4.79 Å². The van der Waals surface area contributed by atoms with Gasteiger partial charge < -0.3 is 9.80 Å². The molecule has 0 spiro atoms. The first-order chi connectivity index (χ1) is 12.2. The van der Waals surface area contributed by atoms with Gasteiger partial charge in [0.2, 0.25) is 5.91 Å². The Morgan fingerprint density at radius 3 is 2.72 bits per heavy atom. The Morgan fingerprint density at radius 2 is 2.00 bits per heavy atom. The summed E-state index contributed by atoms with van der Waals surface area (Å²) in [6.45, 7) is 5.24. The van der Waals surface area contributed by atoms with Crippen LogP contribution in [0.5, 0.6) is 0 Å². The Bertz CT molecular complexity index is 906. The summed E-state index contributed by atoms with van der Waals surface area (Å²) >= 11 is 3.37. The summed E-state index contributed by atoms with van der Waals surface area (Å²) < 4.78 is 1.23. The number of thiazole rings is 1. The fourth-order valence-electron chi connectivity index (χ4n) is 2.97. The number of anilines is 1. The van der Waals surface area contributed by atoms with E-state index < -0.39 is 0 Å². The van der Waals surface area contributed by atoms with Gasteiger partial charge in [0.1, 0.15) is 0 Å². The molecule has 128 valence electrons. The van der Waals surface area contributed by atoms with E-state index in [1.807, 2.05) is 28.5 Å².